The predicted molar refractivity (Wildman–Crippen MR) is 130 cm³/mol. The summed E-state index contributed by atoms with van der Waals surface area (Å²) in [6, 6.07) is 14.6. The molecule has 0 atom stereocenters. The zero-order chi connectivity index (χ0) is 22.9. The highest BCUT2D eigenvalue weighted by atomic mass is 16.5. The Morgan fingerprint density at radius 3 is 2.27 bits per heavy atom. The van der Waals surface area contributed by atoms with Crippen molar-refractivity contribution in [2.75, 3.05) is 69.3 Å². The van der Waals surface area contributed by atoms with E-state index in [2.05, 4.69) is 61.5 Å². The van der Waals surface area contributed by atoms with Crippen molar-refractivity contribution >= 4 is 17.5 Å². The highest BCUT2D eigenvalue weighted by Crippen LogP contribution is 2.23. The van der Waals surface area contributed by atoms with Crippen LogP contribution in [0.1, 0.15) is 24.8 Å². The Morgan fingerprint density at radius 2 is 1.64 bits per heavy atom. The maximum Gasteiger partial charge on any atom is 0.223 e. The zero-order valence-corrected chi connectivity index (χ0v) is 19.7. The van der Waals surface area contributed by atoms with Gasteiger partial charge in [-0.25, -0.2) is 0 Å². The molecule has 2 saturated heterocycles. The molecule has 0 radical (unpaired) electrons. The number of hydrogen-bond donors (Lipinski definition) is 1. The Kier molecular flexibility index (Phi) is 8.49. The van der Waals surface area contributed by atoms with E-state index in [9.17, 15) is 4.79 Å². The van der Waals surface area contributed by atoms with E-state index >= 15 is 0 Å². The lowest BCUT2D eigenvalue weighted by molar-refractivity contribution is -0.125. The lowest BCUT2D eigenvalue weighted by Crippen LogP contribution is -2.41. The molecular weight excluding hydrogens is 416 g/mol. The van der Waals surface area contributed by atoms with Crippen molar-refractivity contribution in [1.29, 1.82) is 0 Å². The second kappa shape index (κ2) is 12.0. The third-order valence-corrected chi connectivity index (χ3v) is 6.47. The molecule has 1 N–H and O–H groups in total. The Hall–Kier alpha value is -2.71. The average Bonchev–Trinajstić information content (AvgIpc) is 2.88. The van der Waals surface area contributed by atoms with Gasteiger partial charge in [-0.15, -0.1) is 10.2 Å². The van der Waals surface area contributed by atoms with Crippen LogP contribution < -0.4 is 15.1 Å². The SMILES string of the molecule is CN(CCCNC(=O)C1CCN(c2ccc(N3CCOCC3)nn2)CC1)Cc1ccccc1. The summed E-state index contributed by atoms with van der Waals surface area (Å²) in [7, 11) is 2.13. The van der Waals surface area contributed by atoms with Crippen LogP contribution in [0.3, 0.4) is 0 Å². The molecule has 2 fully saturated rings. The first-order valence-corrected chi connectivity index (χ1v) is 12.1. The number of rotatable bonds is 9. The summed E-state index contributed by atoms with van der Waals surface area (Å²) in [6.07, 6.45) is 2.66. The van der Waals surface area contributed by atoms with Crippen LogP contribution in [0.4, 0.5) is 11.6 Å². The molecule has 0 aliphatic carbocycles. The number of aromatic nitrogens is 2. The van der Waals surface area contributed by atoms with E-state index < -0.39 is 0 Å². The van der Waals surface area contributed by atoms with E-state index in [4.69, 9.17) is 4.74 Å². The van der Waals surface area contributed by atoms with Crippen molar-refractivity contribution in [2.45, 2.75) is 25.8 Å². The van der Waals surface area contributed by atoms with Crippen LogP contribution in [0.25, 0.3) is 0 Å². The first kappa shape index (κ1) is 23.4. The van der Waals surface area contributed by atoms with Crippen LogP contribution >= 0.6 is 0 Å². The third kappa shape index (κ3) is 6.88. The van der Waals surface area contributed by atoms with Crippen LogP contribution in [-0.4, -0.2) is 80.5 Å². The Balaban J connectivity index is 1.13. The van der Waals surface area contributed by atoms with E-state index in [1.165, 1.54) is 5.56 Å². The average molecular weight is 453 g/mol. The largest absolute Gasteiger partial charge is 0.378 e. The van der Waals surface area contributed by atoms with E-state index in [-0.39, 0.29) is 11.8 Å². The number of carbonyl (C=O) groups excluding carboxylic acids is 1. The summed E-state index contributed by atoms with van der Waals surface area (Å²) in [5, 5.41) is 12.0. The van der Waals surface area contributed by atoms with Crippen molar-refractivity contribution in [3.63, 3.8) is 0 Å². The van der Waals surface area contributed by atoms with Gasteiger partial charge in [-0.05, 0) is 50.6 Å². The van der Waals surface area contributed by atoms with Crippen molar-refractivity contribution < 1.29 is 9.53 Å². The number of amides is 1. The Labute approximate surface area is 196 Å². The number of hydrogen-bond acceptors (Lipinski definition) is 7. The maximum absolute atomic E-state index is 12.6. The molecule has 0 spiro atoms. The van der Waals surface area contributed by atoms with Gasteiger partial charge in [0.05, 0.1) is 13.2 Å². The molecule has 4 rings (SSSR count). The van der Waals surface area contributed by atoms with E-state index in [1.54, 1.807) is 0 Å². The molecule has 1 aromatic heterocycles. The van der Waals surface area contributed by atoms with Gasteiger partial charge >= 0.3 is 0 Å². The molecule has 2 aliphatic heterocycles. The number of morpholine rings is 1. The Morgan fingerprint density at radius 1 is 1.00 bits per heavy atom. The van der Waals surface area contributed by atoms with Gasteiger partial charge in [-0.3, -0.25) is 4.79 Å². The van der Waals surface area contributed by atoms with Gasteiger partial charge in [-0.2, -0.15) is 0 Å². The zero-order valence-electron chi connectivity index (χ0n) is 19.7. The molecule has 8 nitrogen and oxygen atoms in total. The maximum atomic E-state index is 12.6. The second-order valence-electron chi connectivity index (χ2n) is 8.98. The number of ether oxygens (including phenoxy) is 1. The first-order valence-electron chi connectivity index (χ1n) is 12.1. The standard InChI is InChI=1S/C25H36N6O2/c1-29(20-21-6-3-2-4-7-21)13-5-12-26-25(32)22-10-14-30(15-11-22)23-8-9-24(28-27-23)31-16-18-33-19-17-31/h2-4,6-9,22H,5,10-20H2,1H3,(H,26,32). The molecule has 8 heteroatoms. The summed E-state index contributed by atoms with van der Waals surface area (Å²) in [5.41, 5.74) is 1.32. The van der Waals surface area contributed by atoms with Gasteiger partial charge in [0.25, 0.3) is 0 Å². The minimum atomic E-state index is 0.0869. The number of anilines is 2. The van der Waals surface area contributed by atoms with E-state index in [0.717, 1.165) is 89.9 Å². The second-order valence-corrected chi connectivity index (χ2v) is 8.98. The molecule has 1 aromatic carbocycles. The summed E-state index contributed by atoms with van der Waals surface area (Å²) < 4.78 is 5.40. The minimum Gasteiger partial charge on any atom is -0.378 e. The number of benzene rings is 1. The van der Waals surface area contributed by atoms with E-state index in [0.29, 0.717) is 0 Å². The minimum absolute atomic E-state index is 0.0869. The number of carbonyl (C=O) groups is 1. The topological polar surface area (TPSA) is 73.8 Å². The molecule has 0 bridgehead atoms. The molecule has 0 saturated carbocycles. The van der Waals surface area contributed by atoms with Crippen molar-refractivity contribution in [3.8, 4) is 0 Å². The van der Waals surface area contributed by atoms with E-state index in [1.807, 2.05) is 18.2 Å². The molecule has 2 aliphatic rings. The predicted octanol–water partition coefficient (Wildman–Crippen LogP) is 2.17. The van der Waals surface area contributed by atoms with Crippen LogP contribution in [0.5, 0.6) is 0 Å². The van der Waals surface area contributed by atoms with Gasteiger partial charge < -0.3 is 24.8 Å². The Bertz CT molecular complexity index is 849. The summed E-state index contributed by atoms with van der Waals surface area (Å²) in [5.74, 6) is 2.08. The first-order chi connectivity index (χ1) is 16.2. The quantitative estimate of drug-likeness (QED) is 0.585. The fourth-order valence-corrected chi connectivity index (χ4v) is 4.50. The number of nitrogens with one attached hydrogen (secondary N) is 1. The summed E-state index contributed by atoms with van der Waals surface area (Å²) >= 11 is 0. The molecular formula is C25H36N6O2. The molecule has 2 aromatic rings. The summed E-state index contributed by atoms with van der Waals surface area (Å²) in [4.78, 5) is 19.3. The lowest BCUT2D eigenvalue weighted by Gasteiger charge is -2.32. The van der Waals surface area contributed by atoms with Crippen LogP contribution in [-0.2, 0) is 16.1 Å². The van der Waals surface area contributed by atoms with Gasteiger partial charge in [0.1, 0.15) is 0 Å². The highest BCUT2D eigenvalue weighted by Gasteiger charge is 2.25. The molecule has 0 unspecified atom stereocenters. The smallest absolute Gasteiger partial charge is 0.223 e. The molecule has 178 valence electrons. The van der Waals surface area contributed by atoms with Crippen molar-refractivity contribution in [3.05, 3.63) is 48.0 Å². The highest BCUT2D eigenvalue weighted by molar-refractivity contribution is 5.78. The molecule has 1 amide bonds. The van der Waals surface area contributed by atoms with Crippen LogP contribution in [0.15, 0.2) is 42.5 Å². The van der Waals surface area contributed by atoms with Gasteiger partial charge in [0.15, 0.2) is 11.6 Å². The monoisotopic (exact) mass is 452 g/mol. The lowest BCUT2D eigenvalue weighted by atomic mass is 9.96. The van der Waals surface area contributed by atoms with Gasteiger partial charge in [-0.1, -0.05) is 30.3 Å². The molecule has 33 heavy (non-hydrogen) atoms. The van der Waals surface area contributed by atoms with Gasteiger partial charge in [0, 0.05) is 45.2 Å². The van der Waals surface area contributed by atoms with Crippen molar-refractivity contribution in [1.82, 2.24) is 20.4 Å². The normalized spacial score (nSPS) is 17.4. The number of nitrogens with zero attached hydrogens (tertiary/aromatic N) is 5. The van der Waals surface area contributed by atoms with Crippen LogP contribution in [0.2, 0.25) is 0 Å². The fourth-order valence-electron chi connectivity index (χ4n) is 4.50. The third-order valence-electron chi connectivity index (χ3n) is 6.47. The molecule has 3 heterocycles. The van der Waals surface area contributed by atoms with Crippen LogP contribution in [0, 0.1) is 5.92 Å². The van der Waals surface area contributed by atoms with Gasteiger partial charge in [0.2, 0.25) is 5.91 Å². The summed E-state index contributed by atoms with van der Waals surface area (Å²) in [6.45, 7) is 7.50. The van der Waals surface area contributed by atoms with Crippen molar-refractivity contribution in [2.24, 2.45) is 5.92 Å². The number of piperidine rings is 1. The fraction of sp³-hybridized carbons (Fsp3) is 0.560.